The molecule has 0 spiro atoms. The number of sulfonamides is 1. The van der Waals surface area contributed by atoms with Crippen molar-refractivity contribution < 1.29 is 8.42 Å². The standard InChI is InChI=1S/C12H24N2O2S2/c1-10(2)14(8-12(13)17)18(15,16)9-11-6-4-3-5-7-11/h10-11H,3-9H2,1-2H3,(H2,13,17). The van der Waals surface area contributed by atoms with Gasteiger partial charge in [-0.25, -0.2) is 8.42 Å². The predicted octanol–water partition coefficient (Wildman–Crippen LogP) is 1.89. The zero-order chi connectivity index (χ0) is 13.8. The second kappa shape index (κ2) is 6.82. The molecule has 0 atom stereocenters. The van der Waals surface area contributed by atoms with Crippen LogP contribution in [0.1, 0.15) is 46.0 Å². The molecule has 0 aromatic rings. The highest BCUT2D eigenvalue weighted by Crippen LogP contribution is 2.26. The van der Waals surface area contributed by atoms with Crippen molar-refractivity contribution in [2.45, 2.75) is 52.0 Å². The Morgan fingerprint density at radius 3 is 2.33 bits per heavy atom. The van der Waals surface area contributed by atoms with Gasteiger partial charge in [-0.1, -0.05) is 31.5 Å². The van der Waals surface area contributed by atoms with E-state index in [1.807, 2.05) is 13.8 Å². The Labute approximate surface area is 116 Å². The van der Waals surface area contributed by atoms with Crippen LogP contribution < -0.4 is 5.73 Å². The first kappa shape index (κ1) is 15.9. The lowest BCUT2D eigenvalue weighted by Gasteiger charge is -2.29. The third kappa shape index (κ3) is 4.82. The van der Waals surface area contributed by atoms with Gasteiger partial charge in [0.25, 0.3) is 0 Å². The van der Waals surface area contributed by atoms with Crippen molar-refractivity contribution in [2.75, 3.05) is 12.3 Å². The molecule has 0 saturated heterocycles. The zero-order valence-corrected chi connectivity index (χ0v) is 12.9. The molecular formula is C12H24N2O2S2. The van der Waals surface area contributed by atoms with E-state index in [9.17, 15) is 8.42 Å². The van der Waals surface area contributed by atoms with Crippen LogP contribution in [-0.4, -0.2) is 36.1 Å². The zero-order valence-electron chi connectivity index (χ0n) is 11.3. The van der Waals surface area contributed by atoms with Crippen LogP contribution >= 0.6 is 12.2 Å². The molecule has 1 rings (SSSR count). The minimum atomic E-state index is -3.25. The minimum Gasteiger partial charge on any atom is -0.392 e. The number of hydrogen-bond donors (Lipinski definition) is 1. The molecular weight excluding hydrogens is 268 g/mol. The van der Waals surface area contributed by atoms with Crippen LogP contribution in [-0.2, 0) is 10.0 Å². The highest BCUT2D eigenvalue weighted by atomic mass is 32.2. The lowest BCUT2D eigenvalue weighted by atomic mass is 9.91. The number of rotatable bonds is 6. The van der Waals surface area contributed by atoms with E-state index in [0.29, 0.717) is 5.92 Å². The molecule has 0 radical (unpaired) electrons. The van der Waals surface area contributed by atoms with Crippen LogP contribution in [0, 0.1) is 5.92 Å². The lowest BCUT2D eigenvalue weighted by Crippen LogP contribution is -2.44. The first-order chi connectivity index (χ1) is 8.33. The van der Waals surface area contributed by atoms with E-state index in [2.05, 4.69) is 0 Å². The molecule has 0 aromatic carbocycles. The normalized spacial score (nSPS) is 18.4. The van der Waals surface area contributed by atoms with Crippen molar-refractivity contribution in [3.63, 3.8) is 0 Å². The minimum absolute atomic E-state index is 0.0971. The van der Waals surface area contributed by atoms with Crippen molar-refractivity contribution >= 4 is 27.2 Å². The third-order valence-electron chi connectivity index (χ3n) is 3.42. The maximum absolute atomic E-state index is 12.4. The molecule has 0 unspecified atom stereocenters. The number of hydrogen-bond acceptors (Lipinski definition) is 3. The smallest absolute Gasteiger partial charge is 0.214 e. The maximum atomic E-state index is 12.4. The van der Waals surface area contributed by atoms with Gasteiger partial charge in [-0.3, -0.25) is 0 Å². The van der Waals surface area contributed by atoms with E-state index in [1.54, 1.807) is 0 Å². The quantitative estimate of drug-likeness (QED) is 0.759. The fourth-order valence-corrected chi connectivity index (χ4v) is 4.82. The monoisotopic (exact) mass is 292 g/mol. The molecule has 6 heteroatoms. The molecule has 0 bridgehead atoms. The molecule has 4 nitrogen and oxygen atoms in total. The SMILES string of the molecule is CC(C)N(CC(N)=S)S(=O)(=O)CC1CCCCC1. The van der Waals surface area contributed by atoms with Crippen molar-refractivity contribution in [2.24, 2.45) is 11.7 Å². The first-order valence-electron chi connectivity index (χ1n) is 6.60. The van der Waals surface area contributed by atoms with Gasteiger partial charge in [0.1, 0.15) is 0 Å². The van der Waals surface area contributed by atoms with Gasteiger partial charge in [0.2, 0.25) is 10.0 Å². The molecule has 0 aromatic heterocycles. The molecule has 1 fully saturated rings. The Hall–Kier alpha value is -0.200. The van der Waals surface area contributed by atoms with Gasteiger partial charge >= 0.3 is 0 Å². The van der Waals surface area contributed by atoms with Crippen molar-refractivity contribution in [3.05, 3.63) is 0 Å². The van der Waals surface area contributed by atoms with Crippen LogP contribution in [0.2, 0.25) is 0 Å². The summed E-state index contributed by atoms with van der Waals surface area (Å²) in [5.74, 6) is 0.546. The summed E-state index contributed by atoms with van der Waals surface area (Å²) < 4.78 is 26.2. The Kier molecular flexibility index (Phi) is 6.01. The summed E-state index contributed by atoms with van der Waals surface area (Å²) >= 11 is 4.84. The van der Waals surface area contributed by atoms with E-state index in [-0.39, 0.29) is 23.3 Å². The lowest BCUT2D eigenvalue weighted by molar-refractivity contribution is 0.357. The Morgan fingerprint density at radius 2 is 1.89 bits per heavy atom. The fraction of sp³-hybridized carbons (Fsp3) is 0.917. The molecule has 0 aliphatic heterocycles. The average Bonchev–Trinajstić information content (AvgIpc) is 2.26. The fourth-order valence-electron chi connectivity index (χ4n) is 2.50. The molecule has 0 amide bonds. The molecule has 18 heavy (non-hydrogen) atoms. The second-order valence-electron chi connectivity index (χ2n) is 5.39. The van der Waals surface area contributed by atoms with E-state index in [0.717, 1.165) is 25.7 Å². The molecule has 1 aliphatic carbocycles. The summed E-state index contributed by atoms with van der Waals surface area (Å²) in [6.07, 6.45) is 5.59. The number of nitrogens with two attached hydrogens (primary N) is 1. The topological polar surface area (TPSA) is 63.4 Å². The summed E-state index contributed by atoms with van der Waals surface area (Å²) in [6.45, 7) is 3.87. The summed E-state index contributed by atoms with van der Waals surface area (Å²) in [5, 5.41) is 0. The van der Waals surface area contributed by atoms with Gasteiger partial charge in [-0.15, -0.1) is 0 Å². The highest BCUT2D eigenvalue weighted by molar-refractivity contribution is 7.89. The van der Waals surface area contributed by atoms with Gasteiger partial charge in [0.05, 0.1) is 17.3 Å². The average molecular weight is 292 g/mol. The predicted molar refractivity (Wildman–Crippen MR) is 79.0 cm³/mol. The van der Waals surface area contributed by atoms with E-state index in [4.69, 9.17) is 18.0 Å². The van der Waals surface area contributed by atoms with Gasteiger partial charge in [0.15, 0.2) is 0 Å². The van der Waals surface area contributed by atoms with Crippen LogP contribution in [0.4, 0.5) is 0 Å². The van der Waals surface area contributed by atoms with Crippen molar-refractivity contribution in [3.8, 4) is 0 Å². The Balaban J connectivity index is 2.71. The van der Waals surface area contributed by atoms with Crippen molar-refractivity contribution in [1.82, 2.24) is 4.31 Å². The van der Waals surface area contributed by atoms with Gasteiger partial charge in [-0.05, 0) is 32.6 Å². The summed E-state index contributed by atoms with van der Waals surface area (Å²) in [6, 6.07) is -0.0971. The molecule has 0 heterocycles. The molecule has 106 valence electrons. The van der Waals surface area contributed by atoms with Crippen molar-refractivity contribution in [1.29, 1.82) is 0 Å². The van der Waals surface area contributed by atoms with Crippen LogP contribution in [0.5, 0.6) is 0 Å². The Morgan fingerprint density at radius 1 is 1.33 bits per heavy atom. The summed E-state index contributed by atoms with van der Waals surface area (Å²) in [4.78, 5) is 0.232. The number of nitrogens with zero attached hydrogens (tertiary/aromatic N) is 1. The molecule has 1 aliphatic rings. The van der Waals surface area contributed by atoms with Gasteiger partial charge < -0.3 is 5.73 Å². The second-order valence-corrected chi connectivity index (χ2v) is 7.88. The van der Waals surface area contributed by atoms with Crippen LogP contribution in [0.25, 0.3) is 0 Å². The van der Waals surface area contributed by atoms with E-state index < -0.39 is 10.0 Å². The van der Waals surface area contributed by atoms with Crippen LogP contribution in [0.3, 0.4) is 0 Å². The molecule has 1 saturated carbocycles. The number of thiocarbonyl (C=S) groups is 1. The van der Waals surface area contributed by atoms with E-state index >= 15 is 0 Å². The Bertz CT molecular complexity index is 374. The first-order valence-corrected chi connectivity index (χ1v) is 8.62. The maximum Gasteiger partial charge on any atom is 0.214 e. The van der Waals surface area contributed by atoms with Gasteiger partial charge in [-0.2, -0.15) is 4.31 Å². The van der Waals surface area contributed by atoms with Gasteiger partial charge in [0, 0.05) is 6.04 Å². The molecule has 2 N–H and O–H groups in total. The van der Waals surface area contributed by atoms with Crippen LogP contribution in [0.15, 0.2) is 0 Å². The highest BCUT2D eigenvalue weighted by Gasteiger charge is 2.29. The largest absolute Gasteiger partial charge is 0.392 e. The summed E-state index contributed by atoms with van der Waals surface area (Å²) in [5.41, 5.74) is 5.49. The summed E-state index contributed by atoms with van der Waals surface area (Å²) in [7, 11) is -3.25. The third-order valence-corrected chi connectivity index (χ3v) is 5.70. The van der Waals surface area contributed by atoms with E-state index in [1.165, 1.54) is 10.7 Å².